The van der Waals surface area contributed by atoms with Crippen LogP contribution in [0.3, 0.4) is 0 Å². The highest BCUT2D eigenvalue weighted by atomic mass is 32.2. The Morgan fingerprint density at radius 2 is 2.03 bits per heavy atom. The molecule has 0 unspecified atom stereocenters. The Balaban J connectivity index is 1.89. The van der Waals surface area contributed by atoms with Gasteiger partial charge in [0.2, 0.25) is 0 Å². The first-order valence-corrected chi connectivity index (χ1v) is 11.9. The summed E-state index contributed by atoms with van der Waals surface area (Å²) in [5, 5.41) is 1.58. The zero-order valence-corrected chi connectivity index (χ0v) is 19.0. The van der Waals surface area contributed by atoms with Crippen molar-refractivity contribution in [3.8, 4) is 11.4 Å². The van der Waals surface area contributed by atoms with Gasteiger partial charge in [0.25, 0.3) is 5.56 Å². The van der Waals surface area contributed by atoms with Crippen molar-refractivity contribution in [1.29, 1.82) is 0 Å². The van der Waals surface area contributed by atoms with Crippen LogP contribution < -0.4 is 10.3 Å². The number of ether oxygens (including phenoxy) is 1. The van der Waals surface area contributed by atoms with Crippen LogP contribution in [0.2, 0.25) is 0 Å². The molecular weight excluding hydrogens is 402 g/mol. The third-order valence-electron chi connectivity index (χ3n) is 5.37. The van der Waals surface area contributed by atoms with Gasteiger partial charge in [-0.2, -0.15) is 0 Å². The summed E-state index contributed by atoms with van der Waals surface area (Å²) < 4.78 is 7.06. The van der Waals surface area contributed by atoms with Gasteiger partial charge >= 0.3 is 0 Å². The van der Waals surface area contributed by atoms with E-state index < -0.39 is 0 Å². The van der Waals surface area contributed by atoms with E-state index in [1.807, 2.05) is 24.3 Å². The van der Waals surface area contributed by atoms with Crippen LogP contribution in [0.15, 0.2) is 34.2 Å². The third kappa shape index (κ3) is 3.83. The lowest BCUT2D eigenvalue weighted by molar-refractivity contribution is 0.206. The molecule has 7 heteroatoms. The SMILES string of the molecule is CCCSc1nc2sc3c(c2c(=O)n1-c1ccc(OC)cc1)CCN(C(C)C)C3. The molecule has 4 rings (SSSR count). The van der Waals surface area contributed by atoms with Gasteiger partial charge < -0.3 is 4.74 Å². The molecule has 0 amide bonds. The molecule has 0 saturated carbocycles. The second kappa shape index (κ2) is 8.50. The Bertz CT molecular complexity index is 1070. The normalized spacial score (nSPS) is 14.5. The molecule has 0 atom stereocenters. The van der Waals surface area contributed by atoms with Crippen LogP contribution in [-0.2, 0) is 13.0 Å². The quantitative estimate of drug-likeness (QED) is 0.419. The molecule has 3 heterocycles. The van der Waals surface area contributed by atoms with E-state index in [2.05, 4.69) is 25.7 Å². The summed E-state index contributed by atoms with van der Waals surface area (Å²) in [4.78, 5) is 23.3. The van der Waals surface area contributed by atoms with E-state index in [-0.39, 0.29) is 5.56 Å². The molecule has 0 fully saturated rings. The first-order valence-electron chi connectivity index (χ1n) is 10.1. The molecule has 0 radical (unpaired) electrons. The lowest BCUT2D eigenvalue weighted by atomic mass is 10.0. The molecule has 29 heavy (non-hydrogen) atoms. The van der Waals surface area contributed by atoms with Crippen molar-refractivity contribution in [2.24, 2.45) is 0 Å². The summed E-state index contributed by atoms with van der Waals surface area (Å²) in [7, 11) is 1.65. The molecule has 1 aromatic carbocycles. The molecular formula is C22H27N3O2S2. The standard InChI is InChI=1S/C22H27N3O2S2/c1-5-12-28-22-23-20-19(17-10-11-24(14(2)3)13-18(17)29-20)21(26)25(22)15-6-8-16(27-4)9-7-15/h6-9,14H,5,10-13H2,1-4H3. The minimum Gasteiger partial charge on any atom is -0.497 e. The second-order valence-corrected chi connectivity index (χ2v) is 9.73. The number of rotatable bonds is 6. The van der Waals surface area contributed by atoms with Crippen molar-refractivity contribution >= 4 is 33.3 Å². The highest BCUT2D eigenvalue weighted by Gasteiger charge is 2.26. The van der Waals surface area contributed by atoms with Gasteiger partial charge in [0, 0.05) is 29.8 Å². The first-order chi connectivity index (χ1) is 14.0. The van der Waals surface area contributed by atoms with Gasteiger partial charge in [0.15, 0.2) is 5.16 Å². The highest BCUT2D eigenvalue weighted by molar-refractivity contribution is 7.99. The Morgan fingerprint density at radius 3 is 2.69 bits per heavy atom. The van der Waals surface area contributed by atoms with Crippen molar-refractivity contribution in [2.75, 3.05) is 19.4 Å². The van der Waals surface area contributed by atoms with E-state index in [0.29, 0.717) is 6.04 Å². The zero-order chi connectivity index (χ0) is 20.5. The smallest absolute Gasteiger partial charge is 0.267 e. The maximum absolute atomic E-state index is 13.7. The van der Waals surface area contributed by atoms with Crippen molar-refractivity contribution < 1.29 is 4.74 Å². The number of hydrogen-bond donors (Lipinski definition) is 0. The van der Waals surface area contributed by atoms with Gasteiger partial charge in [-0.15, -0.1) is 11.3 Å². The fraction of sp³-hybridized carbons (Fsp3) is 0.455. The number of hydrogen-bond acceptors (Lipinski definition) is 6. The summed E-state index contributed by atoms with van der Waals surface area (Å²) in [6, 6.07) is 8.16. The van der Waals surface area contributed by atoms with E-state index in [1.165, 1.54) is 10.4 Å². The number of thioether (sulfide) groups is 1. The number of nitrogens with zero attached hydrogens (tertiary/aromatic N) is 3. The molecule has 3 aromatic rings. The predicted molar refractivity (Wildman–Crippen MR) is 122 cm³/mol. The number of methoxy groups -OCH3 is 1. The summed E-state index contributed by atoms with van der Waals surface area (Å²) in [5.41, 5.74) is 2.09. The number of benzene rings is 1. The van der Waals surface area contributed by atoms with Crippen LogP contribution in [-0.4, -0.2) is 39.9 Å². The van der Waals surface area contributed by atoms with Crippen LogP contribution >= 0.6 is 23.1 Å². The fourth-order valence-electron chi connectivity index (χ4n) is 3.73. The summed E-state index contributed by atoms with van der Waals surface area (Å²) >= 11 is 3.34. The van der Waals surface area contributed by atoms with E-state index in [9.17, 15) is 4.79 Å². The molecule has 1 aliphatic heterocycles. The molecule has 0 N–H and O–H groups in total. The molecule has 154 valence electrons. The predicted octanol–water partition coefficient (Wildman–Crippen LogP) is 4.72. The Morgan fingerprint density at radius 1 is 1.28 bits per heavy atom. The second-order valence-electron chi connectivity index (χ2n) is 7.58. The lowest BCUT2D eigenvalue weighted by Gasteiger charge is -2.30. The van der Waals surface area contributed by atoms with Gasteiger partial charge in [0.1, 0.15) is 10.6 Å². The monoisotopic (exact) mass is 429 g/mol. The largest absolute Gasteiger partial charge is 0.497 e. The van der Waals surface area contributed by atoms with Crippen LogP contribution in [0.25, 0.3) is 15.9 Å². The molecule has 5 nitrogen and oxygen atoms in total. The average molecular weight is 430 g/mol. The molecule has 2 aromatic heterocycles. The van der Waals surface area contributed by atoms with Crippen LogP contribution in [0, 0.1) is 0 Å². The molecule has 1 aliphatic rings. The van der Waals surface area contributed by atoms with Gasteiger partial charge in [-0.3, -0.25) is 14.3 Å². The Hall–Kier alpha value is -1.83. The fourth-order valence-corrected chi connectivity index (χ4v) is 5.89. The van der Waals surface area contributed by atoms with E-state index in [0.717, 1.165) is 58.5 Å². The minimum atomic E-state index is 0.0502. The maximum atomic E-state index is 13.7. The zero-order valence-electron chi connectivity index (χ0n) is 17.4. The highest BCUT2D eigenvalue weighted by Crippen LogP contribution is 2.35. The summed E-state index contributed by atoms with van der Waals surface area (Å²) in [6.45, 7) is 8.50. The van der Waals surface area contributed by atoms with Crippen molar-refractivity contribution in [1.82, 2.24) is 14.5 Å². The van der Waals surface area contributed by atoms with Gasteiger partial charge in [-0.05, 0) is 56.5 Å². The molecule has 0 aliphatic carbocycles. The van der Waals surface area contributed by atoms with E-state index in [4.69, 9.17) is 9.72 Å². The van der Waals surface area contributed by atoms with Gasteiger partial charge in [-0.1, -0.05) is 18.7 Å². The molecule has 0 saturated heterocycles. The first kappa shape index (κ1) is 20.4. The van der Waals surface area contributed by atoms with Crippen molar-refractivity contribution in [3.05, 3.63) is 45.1 Å². The lowest BCUT2D eigenvalue weighted by Crippen LogP contribution is -2.35. The van der Waals surface area contributed by atoms with E-state index in [1.54, 1.807) is 34.8 Å². The van der Waals surface area contributed by atoms with Crippen LogP contribution in [0.5, 0.6) is 5.75 Å². The third-order valence-corrected chi connectivity index (χ3v) is 7.62. The maximum Gasteiger partial charge on any atom is 0.267 e. The minimum absolute atomic E-state index is 0.0502. The molecule has 0 bridgehead atoms. The Kier molecular flexibility index (Phi) is 5.99. The number of fused-ring (bicyclic) bond motifs is 3. The number of thiophene rings is 1. The van der Waals surface area contributed by atoms with E-state index >= 15 is 0 Å². The average Bonchev–Trinajstić information content (AvgIpc) is 3.10. The van der Waals surface area contributed by atoms with Crippen molar-refractivity contribution in [3.63, 3.8) is 0 Å². The Labute approximate surface area is 179 Å². The molecule has 0 spiro atoms. The summed E-state index contributed by atoms with van der Waals surface area (Å²) in [5.74, 6) is 1.71. The van der Waals surface area contributed by atoms with Crippen molar-refractivity contribution in [2.45, 2.75) is 51.4 Å². The van der Waals surface area contributed by atoms with Crippen LogP contribution in [0.1, 0.15) is 37.6 Å². The van der Waals surface area contributed by atoms with Gasteiger partial charge in [-0.25, -0.2) is 4.98 Å². The number of aromatic nitrogens is 2. The van der Waals surface area contributed by atoms with Crippen LogP contribution in [0.4, 0.5) is 0 Å². The topological polar surface area (TPSA) is 47.4 Å². The van der Waals surface area contributed by atoms with Gasteiger partial charge in [0.05, 0.1) is 18.2 Å². The summed E-state index contributed by atoms with van der Waals surface area (Å²) in [6.07, 6.45) is 1.94.